The van der Waals surface area contributed by atoms with Crippen LogP contribution >= 0.6 is 0 Å². The van der Waals surface area contributed by atoms with Gasteiger partial charge in [-0.1, -0.05) is 26.0 Å². The maximum absolute atomic E-state index is 3.54. The fourth-order valence-corrected chi connectivity index (χ4v) is 3.14. The summed E-state index contributed by atoms with van der Waals surface area (Å²) < 4.78 is 0. The summed E-state index contributed by atoms with van der Waals surface area (Å²) in [6.07, 6.45) is 1.18. The summed E-state index contributed by atoms with van der Waals surface area (Å²) >= 11 is 0. The first-order valence-electron chi connectivity index (χ1n) is 7.52. The van der Waals surface area contributed by atoms with Crippen molar-refractivity contribution in [2.75, 3.05) is 18.0 Å². The summed E-state index contributed by atoms with van der Waals surface area (Å²) in [5.41, 5.74) is 2.98. The third-order valence-electron chi connectivity index (χ3n) is 4.28. The maximum Gasteiger partial charge on any atom is 0.0391 e. The minimum atomic E-state index is 0.211. The van der Waals surface area contributed by atoms with Gasteiger partial charge in [-0.3, -0.25) is 0 Å². The Morgan fingerprint density at radius 1 is 1.21 bits per heavy atom. The molecule has 1 fully saturated rings. The molecule has 106 valence electrons. The summed E-state index contributed by atoms with van der Waals surface area (Å²) in [6.45, 7) is 13.7. The largest absolute Gasteiger partial charge is 0.362 e. The van der Waals surface area contributed by atoms with Crippen LogP contribution in [-0.4, -0.2) is 24.7 Å². The van der Waals surface area contributed by atoms with E-state index in [1.54, 1.807) is 0 Å². The van der Waals surface area contributed by atoms with Gasteiger partial charge in [0.1, 0.15) is 0 Å². The number of rotatable bonds is 2. The van der Waals surface area contributed by atoms with Crippen LogP contribution in [0.5, 0.6) is 0 Å². The van der Waals surface area contributed by atoms with E-state index >= 15 is 0 Å². The van der Waals surface area contributed by atoms with E-state index < -0.39 is 0 Å². The van der Waals surface area contributed by atoms with E-state index in [4.69, 9.17) is 0 Å². The van der Waals surface area contributed by atoms with E-state index in [-0.39, 0.29) is 5.54 Å². The van der Waals surface area contributed by atoms with E-state index in [0.29, 0.717) is 12.0 Å². The molecule has 1 N–H and O–H groups in total. The van der Waals surface area contributed by atoms with Gasteiger partial charge in [0.2, 0.25) is 0 Å². The summed E-state index contributed by atoms with van der Waals surface area (Å²) in [7, 11) is 0. The molecule has 19 heavy (non-hydrogen) atoms. The third-order valence-corrected chi connectivity index (χ3v) is 4.28. The molecule has 0 spiro atoms. The van der Waals surface area contributed by atoms with Crippen molar-refractivity contribution in [3.63, 3.8) is 0 Å². The van der Waals surface area contributed by atoms with Crippen molar-refractivity contribution in [3.05, 3.63) is 29.8 Å². The Morgan fingerprint density at radius 3 is 2.42 bits per heavy atom. The van der Waals surface area contributed by atoms with Crippen LogP contribution in [0.25, 0.3) is 0 Å². The molecule has 0 saturated carbocycles. The molecular weight excluding hydrogens is 232 g/mol. The van der Waals surface area contributed by atoms with Crippen molar-refractivity contribution in [3.8, 4) is 0 Å². The standard InChI is InChI=1S/C17H28N2/c1-13(2)15-6-8-16(9-7-15)19-14(3)12-18-11-10-17(19,4)5/h6-9,13-14,18H,10-12H2,1-5H3. The quantitative estimate of drug-likeness (QED) is 0.870. The van der Waals surface area contributed by atoms with Gasteiger partial charge in [-0.05, 0) is 57.4 Å². The van der Waals surface area contributed by atoms with Crippen LogP contribution in [0.15, 0.2) is 24.3 Å². The highest BCUT2D eigenvalue weighted by molar-refractivity contribution is 5.51. The first-order valence-corrected chi connectivity index (χ1v) is 7.52. The Bertz CT molecular complexity index is 406. The molecule has 1 heterocycles. The van der Waals surface area contributed by atoms with Crippen molar-refractivity contribution in [2.24, 2.45) is 0 Å². The van der Waals surface area contributed by atoms with Gasteiger partial charge < -0.3 is 10.2 Å². The molecular formula is C17H28N2. The zero-order chi connectivity index (χ0) is 14.0. The molecule has 0 bridgehead atoms. The van der Waals surface area contributed by atoms with Crippen molar-refractivity contribution in [2.45, 2.75) is 58.5 Å². The van der Waals surface area contributed by atoms with Crippen LogP contribution in [0.3, 0.4) is 0 Å². The van der Waals surface area contributed by atoms with Gasteiger partial charge in [-0.25, -0.2) is 0 Å². The Balaban J connectivity index is 2.31. The fourth-order valence-electron chi connectivity index (χ4n) is 3.14. The maximum atomic E-state index is 3.54. The molecule has 1 atom stereocenters. The van der Waals surface area contributed by atoms with E-state index in [9.17, 15) is 0 Å². The molecule has 0 radical (unpaired) electrons. The highest BCUT2D eigenvalue weighted by Crippen LogP contribution is 2.31. The van der Waals surface area contributed by atoms with Crippen molar-refractivity contribution >= 4 is 5.69 Å². The lowest BCUT2D eigenvalue weighted by molar-refractivity contribution is 0.426. The predicted octanol–water partition coefficient (Wildman–Crippen LogP) is 3.78. The minimum absolute atomic E-state index is 0.211. The Hall–Kier alpha value is -1.02. The first-order chi connectivity index (χ1) is 8.92. The van der Waals surface area contributed by atoms with E-state index in [2.05, 4.69) is 69.1 Å². The predicted molar refractivity (Wildman–Crippen MR) is 84.0 cm³/mol. The van der Waals surface area contributed by atoms with Crippen LogP contribution in [0.4, 0.5) is 5.69 Å². The smallest absolute Gasteiger partial charge is 0.0391 e. The number of nitrogens with zero attached hydrogens (tertiary/aromatic N) is 1. The number of hydrogen-bond donors (Lipinski definition) is 1. The lowest BCUT2D eigenvalue weighted by Crippen LogP contribution is -2.49. The summed E-state index contributed by atoms with van der Waals surface area (Å²) in [5.74, 6) is 0.602. The highest BCUT2D eigenvalue weighted by atomic mass is 15.2. The molecule has 1 saturated heterocycles. The molecule has 1 unspecified atom stereocenters. The van der Waals surface area contributed by atoms with Gasteiger partial charge in [0.25, 0.3) is 0 Å². The van der Waals surface area contributed by atoms with Crippen molar-refractivity contribution in [1.29, 1.82) is 0 Å². The lowest BCUT2D eigenvalue weighted by Gasteiger charge is -2.43. The Kier molecular flexibility index (Phi) is 4.19. The molecule has 1 aromatic rings. The monoisotopic (exact) mass is 260 g/mol. The van der Waals surface area contributed by atoms with Crippen LogP contribution in [0, 0.1) is 0 Å². The van der Waals surface area contributed by atoms with Crippen LogP contribution < -0.4 is 10.2 Å². The van der Waals surface area contributed by atoms with E-state index in [1.807, 2.05) is 0 Å². The van der Waals surface area contributed by atoms with Crippen molar-refractivity contribution in [1.82, 2.24) is 5.32 Å². The average molecular weight is 260 g/mol. The SMILES string of the molecule is CC(C)c1ccc(N2C(C)CNCCC2(C)C)cc1. The minimum Gasteiger partial charge on any atom is -0.362 e. The van der Waals surface area contributed by atoms with E-state index in [1.165, 1.54) is 17.7 Å². The molecule has 0 aliphatic carbocycles. The zero-order valence-corrected chi connectivity index (χ0v) is 13.0. The zero-order valence-electron chi connectivity index (χ0n) is 13.0. The Labute approximate surface area is 118 Å². The van der Waals surface area contributed by atoms with Gasteiger partial charge in [-0.2, -0.15) is 0 Å². The molecule has 1 aromatic carbocycles. The number of anilines is 1. The summed E-state index contributed by atoms with van der Waals surface area (Å²) in [6, 6.07) is 9.67. The number of hydrogen-bond acceptors (Lipinski definition) is 2. The van der Waals surface area contributed by atoms with Gasteiger partial charge in [0.15, 0.2) is 0 Å². The molecule has 2 rings (SSSR count). The van der Waals surface area contributed by atoms with Crippen LogP contribution in [0.2, 0.25) is 0 Å². The molecule has 2 nitrogen and oxygen atoms in total. The lowest BCUT2D eigenvalue weighted by atomic mass is 9.95. The number of benzene rings is 1. The average Bonchev–Trinajstić information content (AvgIpc) is 2.47. The summed E-state index contributed by atoms with van der Waals surface area (Å²) in [4.78, 5) is 2.58. The van der Waals surface area contributed by atoms with Crippen LogP contribution in [0.1, 0.15) is 52.5 Å². The normalized spacial score (nSPS) is 23.5. The number of nitrogens with one attached hydrogen (secondary N) is 1. The first kappa shape index (κ1) is 14.4. The van der Waals surface area contributed by atoms with Gasteiger partial charge in [-0.15, -0.1) is 0 Å². The second kappa shape index (κ2) is 5.54. The molecule has 0 aromatic heterocycles. The molecule has 0 amide bonds. The van der Waals surface area contributed by atoms with E-state index in [0.717, 1.165) is 13.1 Å². The highest BCUT2D eigenvalue weighted by Gasteiger charge is 2.32. The molecule has 2 heteroatoms. The topological polar surface area (TPSA) is 15.3 Å². The van der Waals surface area contributed by atoms with Crippen LogP contribution in [-0.2, 0) is 0 Å². The van der Waals surface area contributed by atoms with Gasteiger partial charge >= 0.3 is 0 Å². The fraction of sp³-hybridized carbons (Fsp3) is 0.647. The van der Waals surface area contributed by atoms with Crippen molar-refractivity contribution < 1.29 is 0 Å². The molecule has 1 aliphatic rings. The van der Waals surface area contributed by atoms with Gasteiger partial charge in [0, 0.05) is 23.8 Å². The second-order valence-electron chi connectivity index (χ2n) is 6.73. The Morgan fingerprint density at radius 2 is 1.84 bits per heavy atom. The molecule has 1 aliphatic heterocycles. The third kappa shape index (κ3) is 3.11. The van der Waals surface area contributed by atoms with Gasteiger partial charge in [0.05, 0.1) is 0 Å². The summed E-state index contributed by atoms with van der Waals surface area (Å²) in [5, 5.41) is 3.54. The second-order valence-corrected chi connectivity index (χ2v) is 6.73.